The summed E-state index contributed by atoms with van der Waals surface area (Å²) >= 11 is 0. The van der Waals surface area contributed by atoms with E-state index in [4.69, 9.17) is 4.74 Å². The molecule has 0 aliphatic carbocycles. The van der Waals surface area contributed by atoms with E-state index >= 15 is 0 Å². The number of hydrogen-bond donors (Lipinski definition) is 1. The van der Waals surface area contributed by atoms with Gasteiger partial charge in [-0.1, -0.05) is 142 Å². The van der Waals surface area contributed by atoms with Crippen molar-refractivity contribution in [1.29, 1.82) is 0 Å². The molecule has 0 aromatic heterocycles. The lowest BCUT2D eigenvalue weighted by Crippen LogP contribution is -2.32. The Hall–Kier alpha value is -0.0800. The molecule has 2 heteroatoms. The van der Waals surface area contributed by atoms with E-state index in [1.165, 1.54) is 141 Å². The van der Waals surface area contributed by atoms with Crippen molar-refractivity contribution in [3.8, 4) is 0 Å². The van der Waals surface area contributed by atoms with Crippen LogP contribution in [0.25, 0.3) is 0 Å². The first kappa shape index (κ1) is 28.0. The Morgan fingerprint density at radius 1 is 0.567 bits per heavy atom. The van der Waals surface area contributed by atoms with Gasteiger partial charge in [-0.25, -0.2) is 0 Å². The first-order valence-electron chi connectivity index (χ1n) is 14.2. The molecule has 0 saturated carbocycles. The van der Waals surface area contributed by atoms with Crippen LogP contribution in [-0.4, -0.2) is 25.3 Å². The van der Waals surface area contributed by atoms with Crippen molar-refractivity contribution in [3.05, 3.63) is 0 Å². The Kier molecular flexibility index (Phi) is 20.6. The molecule has 0 amide bonds. The van der Waals surface area contributed by atoms with E-state index in [0.717, 1.165) is 19.2 Å². The highest BCUT2D eigenvalue weighted by Gasteiger charge is 2.23. The molecule has 0 aromatic rings. The van der Waals surface area contributed by atoms with Crippen molar-refractivity contribution in [2.24, 2.45) is 0 Å². The molecule has 0 spiro atoms. The predicted octanol–water partition coefficient (Wildman–Crippen LogP) is 8.97. The highest BCUT2D eigenvalue weighted by Crippen LogP contribution is 2.17. The van der Waals surface area contributed by atoms with Crippen LogP contribution < -0.4 is 5.32 Å². The summed E-state index contributed by atoms with van der Waals surface area (Å²) in [5, 5.41) is 3.82. The van der Waals surface area contributed by atoms with Crippen LogP contribution in [-0.2, 0) is 4.74 Å². The van der Waals surface area contributed by atoms with Crippen molar-refractivity contribution in [3.63, 3.8) is 0 Å². The highest BCUT2D eigenvalue weighted by molar-refractivity contribution is 4.76. The van der Waals surface area contributed by atoms with E-state index in [-0.39, 0.29) is 0 Å². The minimum atomic E-state index is 0.521. The molecule has 1 rings (SSSR count). The fourth-order valence-electron chi connectivity index (χ4n) is 4.59. The molecule has 1 unspecified atom stereocenters. The lowest BCUT2D eigenvalue weighted by Gasteiger charge is -2.18. The Morgan fingerprint density at radius 3 is 1.23 bits per heavy atom. The first-order chi connectivity index (χ1) is 14.9. The summed E-state index contributed by atoms with van der Waals surface area (Å²) in [6.45, 7) is 6.67. The standard InChI is InChI=1S/C28H57NO/c1-3-5-7-9-11-13-15-17-19-21-23-27(29-25-28-26-30-28)24-22-20-18-16-14-12-10-8-6-4-2/h27-29H,3-26H2,1-2H3. The summed E-state index contributed by atoms with van der Waals surface area (Å²) in [6, 6.07) is 0.734. The third-order valence-corrected chi connectivity index (χ3v) is 6.85. The van der Waals surface area contributed by atoms with Gasteiger partial charge < -0.3 is 10.1 Å². The zero-order chi connectivity index (χ0) is 21.5. The molecular weight excluding hydrogens is 366 g/mol. The van der Waals surface area contributed by atoms with E-state index in [2.05, 4.69) is 19.2 Å². The predicted molar refractivity (Wildman–Crippen MR) is 134 cm³/mol. The minimum Gasteiger partial charge on any atom is -0.372 e. The fourth-order valence-corrected chi connectivity index (χ4v) is 4.59. The van der Waals surface area contributed by atoms with Gasteiger partial charge in [0.1, 0.15) is 0 Å². The van der Waals surface area contributed by atoms with Gasteiger partial charge in [-0.2, -0.15) is 0 Å². The van der Waals surface area contributed by atoms with Crippen LogP contribution in [0.4, 0.5) is 0 Å². The maximum atomic E-state index is 5.41. The molecule has 1 atom stereocenters. The summed E-state index contributed by atoms with van der Waals surface area (Å²) in [4.78, 5) is 0. The second-order valence-electron chi connectivity index (χ2n) is 10.0. The van der Waals surface area contributed by atoms with E-state index < -0.39 is 0 Å². The maximum Gasteiger partial charge on any atom is 0.0934 e. The van der Waals surface area contributed by atoms with Crippen LogP contribution in [0, 0.1) is 0 Å². The van der Waals surface area contributed by atoms with Gasteiger partial charge >= 0.3 is 0 Å². The SMILES string of the molecule is CCCCCCCCCCCCC(CCCCCCCCCCCC)NCC1CO1. The molecule has 2 nitrogen and oxygen atoms in total. The van der Waals surface area contributed by atoms with Crippen LogP contribution in [0.5, 0.6) is 0 Å². The zero-order valence-corrected chi connectivity index (χ0v) is 21.0. The fraction of sp³-hybridized carbons (Fsp3) is 1.00. The molecular formula is C28H57NO. The number of unbranched alkanes of at least 4 members (excludes halogenated alkanes) is 18. The van der Waals surface area contributed by atoms with Crippen LogP contribution in [0.3, 0.4) is 0 Å². The Labute approximate surface area is 190 Å². The van der Waals surface area contributed by atoms with E-state index in [1.807, 2.05) is 0 Å². The summed E-state index contributed by atoms with van der Waals surface area (Å²) in [5.41, 5.74) is 0. The van der Waals surface area contributed by atoms with Crippen LogP contribution in [0.2, 0.25) is 0 Å². The summed E-state index contributed by atoms with van der Waals surface area (Å²) in [5.74, 6) is 0. The molecule has 1 aliphatic rings. The normalized spacial score (nSPS) is 15.9. The first-order valence-corrected chi connectivity index (χ1v) is 14.2. The van der Waals surface area contributed by atoms with Crippen LogP contribution >= 0.6 is 0 Å². The van der Waals surface area contributed by atoms with Crippen LogP contribution in [0.1, 0.15) is 155 Å². The quantitative estimate of drug-likeness (QED) is 0.117. The summed E-state index contributed by atoms with van der Waals surface area (Å²) in [6.07, 6.45) is 32.0. The van der Waals surface area contributed by atoms with Gasteiger partial charge in [-0.05, 0) is 12.8 Å². The number of ether oxygens (including phenoxy) is 1. The van der Waals surface area contributed by atoms with Gasteiger partial charge in [0.05, 0.1) is 12.7 Å². The Bertz CT molecular complexity index is 305. The molecule has 1 saturated heterocycles. The van der Waals surface area contributed by atoms with Gasteiger partial charge in [0, 0.05) is 12.6 Å². The molecule has 180 valence electrons. The molecule has 0 radical (unpaired) electrons. The zero-order valence-electron chi connectivity index (χ0n) is 21.0. The third-order valence-electron chi connectivity index (χ3n) is 6.85. The molecule has 0 aromatic carbocycles. The molecule has 1 heterocycles. The smallest absolute Gasteiger partial charge is 0.0934 e. The number of hydrogen-bond acceptors (Lipinski definition) is 2. The Balaban J connectivity index is 1.94. The van der Waals surface area contributed by atoms with Crippen molar-refractivity contribution in [2.45, 2.75) is 167 Å². The lowest BCUT2D eigenvalue weighted by molar-refractivity contribution is 0.359. The third kappa shape index (κ3) is 19.9. The number of nitrogens with one attached hydrogen (secondary N) is 1. The van der Waals surface area contributed by atoms with E-state index in [0.29, 0.717) is 6.10 Å². The van der Waals surface area contributed by atoms with Gasteiger partial charge in [0.25, 0.3) is 0 Å². The molecule has 1 N–H and O–H groups in total. The van der Waals surface area contributed by atoms with E-state index in [1.54, 1.807) is 0 Å². The lowest BCUT2D eigenvalue weighted by atomic mass is 9.99. The Morgan fingerprint density at radius 2 is 0.900 bits per heavy atom. The van der Waals surface area contributed by atoms with Gasteiger partial charge in [0.2, 0.25) is 0 Å². The van der Waals surface area contributed by atoms with E-state index in [9.17, 15) is 0 Å². The maximum absolute atomic E-state index is 5.41. The number of epoxide rings is 1. The second kappa shape index (κ2) is 22.1. The monoisotopic (exact) mass is 423 g/mol. The average Bonchev–Trinajstić information content (AvgIpc) is 3.58. The topological polar surface area (TPSA) is 24.6 Å². The average molecular weight is 424 g/mol. The summed E-state index contributed by atoms with van der Waals surface area (Å²) < 4.78 is 5.41. The second-order valence-corrected chi connectivity index (χ2v) is 10.0. The van der Waals surface area contributed by atoms with Gasteiger partial charge in [-0.15, -0.1) is 0 Å². The molecule has 0 bridgehead atoms. The largest absolute Gasteiger partial charge is 0.372 e. The molecule has 1 aliphatic heterocycles. The van der Waals surface area contributed by atoms with Gasteiger partial charge in [0.15, 0.2) is 0 Å². The van der Waals surface area contributed by atoms with Crippen molar-refractivity contribution in [1.82, 2.24) is 5.32 Å². The van der Waals surface area contributed by atoms with Gasteiger partial charge in [-0.3, -0.25) is 0 Å². The highest BCUT2D eigenvalue weighted by atomic mass is 16.6. The van der Waals surface area contributed by atoms with Crippen LogP contribution in [0.15, 0.2) is 0 Å². The van der Waals surface area contributed by atoms with Crippen molar-refractivity contribution in [2.75, 3.05) is 13.2 Å². The minimum absolute atomic E-state index is 0.521. The number of rotatable bonds is 25. The van der Waals surface area contributed by atoms with Crippen molar-refractivity contribution >= 4 is 0 Å². The molecule has 1 fully saturated rings. The summed E-state index contributed by atoms with van der Waals surface area (Å²) in [7, 11) is 0. The van der Waals surface area contributed by atoms with Crippen molar-refractivity contribution < 1.29 is 4.74 Å². The molecule has 30 heavy (non-hydrogen) atoms.